The van der Waals surface area contributed by atoms with Gasteiger partial charge in [-0.3, -0.25) is 4.98 Å². The predicted octanol–water partition coefficient (Wildman–Crippen LogP) is 3.02. The van der Waals surface area contributed by atoms with E-state index in [0.717, 1.165) is 0 Å². The molecule has 0 atom stereocenters. The number of alkyl halides is 3. The molecule has 0 fully saturated rings. The van der Waals surface area contributed by atoms with Crippen LogP contribution in [0.3, 0.4) is 0 Å². The Morgan fingerprint density at radius 2 is 1.86 bits per heavy atom. The number of pyridine rings is 1. The molecule has 0 aliphatic carbocycles. The smallest absolute Gasteiger partial charge is 0.405 e. The van der Waals surface area contributed by atoms with Crippen LogP contribution < -0.4 is 4.74 Å². The van der Waals surface area contributed by atoms with Crippen LogP contribution in [-0.4, -0.2) is 11.3 Å². The van der Waals surface area contributed by atoms with Crippen LogP contribution in [0.4, 0.5) is 13.2 Å². The van der Waals surface area contributed by atoms with Crippen LogP contribution in [0.5, 0.6) is 5.75 Å². The highest BCUT2D eigenvalue weighted by atomic mass is 35.5. The molecule has 1 aromatic heterocycles. The molecular weight excluding hydrogens is 219 g/mol. The number of hydrogen-bond acceptors (Lipinski definition) is 2. The molecule has 0 saturated carbocycles. The molecule has 0 bridgehead atoms. The van der Waals surface area contributed by atoms with E-state index in [-0.39, 0.29) is 18.2 Å². The number of halogens is 4. The first kappa shape index (κ1) is 13.0. The van der Waals surface area contributed by atoms with Crippen molar-refractivity contribution in [3.63, 3.8) is 0 Å². The van der Waals surface area contributed by atoms with Crippen molar-refractivity contribution in [3.05, 3.63) is 23.5 Å². The molecular formula is C8H9ClF3NO. The molecule has 0 radical (unpaired) electrons. The average Bonchev–Trinajstić information content (AvgIpc) is 1.96. The molecule has 0 aromatic carbocycles. The van der Waals surface area contributed by atoms with Crippen molar-refractivity contribution in [1.29, 1.82) is 0 Å². The van der Waals surface area contributed by atoms with E-state index >= 15 is 0 Å². The van der Waals surface area contributed by atoms with Gasteiger partial charge in [0.15, 0.2) is 0 Å². The van der Waals surface area contributed by atoms with Gasteiger partial charge in [0.25, 0.3) is 0 Å². The molecule has 1 aromatic rings. The van der Waals surface area contributed by atoms with Gasteiger partial charge in [0.05, 0.1) is 0 Å². The van der Waals surface area contributed by atoms with Gasteiger partial charge in [-0.1, -0.05) is 0 Å². The molecule has 80 valence electrons. The summed E-state index contributed by atoms with van der Waals surface area (Å²) in [5, 5.41) is 0. The molecule has 14 heavy (non-hydrogen) atoms. The van der Waals surface area contributed by atoms with Crippen molar-refractivity contribution in [2.24, 2.45) is 0 Å². The van der Waals surface area contributed by atoms with E-state index in [0.29, 0.717) is 11.3 Å². The van der Waals surface area contributed by atoms with E-state index in [1.165, 1.54) is 19.2 Å². The van der Waals surface area contributed by atoms with E-state index < -0.39 is 6.36 Å². The van der Waals surface area contributed by atoms with Crippen LogP contribution >= 0.6 is 12.4 Å². The van der Waals surface area contributed by atoms with Crippen LogP contribution in [0.1, 0.15) is 11.3 Å². The first-order valence-corrected chi connectivity index (χ1v) is 3.58. The van der Waals surface area contributed by atoms with Crippen LogP contribution in [0.15, 0.2) is 12.3 Å². The van der Waals surface area contributed by atoms with Gasteiger partial charge in [0.2, 0.25) is 0 Å². The van der Waals surface area contributed by atoms with Crippen molar-refractivity contribution in [1.82, 2.24) is 4.98 Å². The Bertz CT molecular complexity index is 314. The van der Waals surface area contributed by atoms with Gasteiger partial charge in [-0.25, -0.2) is 0 Å². The summed E-state index contributed by atoms with van der Waals surface area (Å²) in [7, 11) is 0. The normalized spacial score (nSPS) is 10.6. The average molecular weight is 228 g/mol. The van der Waals surface area contributed by atoms with E-state index in [1.807, 2.05) is 0 Å². The van der Waals surface area contributed by atoms with Crippen LogP contribution in [-0.2, 0) is 0 Å². The number of nitrogens with zero attached hydrogens (tertiary/aromatic N) is 1. The lowest BCUT2D eigenvalue weighted by Crippen LogP contribution is -2.18. The van der Waals surface area contributed by atoms with Gasteiger partial charge in [-0.2, -0.15) is 0 Å². The van der Waals surface area contributed by atoms with Crippen molar-refractivity contribution in [3.8, 4) is 5.75 Å². The van der Waals surface area contributed by atoms with Crippen molar-refractivity contribution in [2.45, 2.75) is 20.2 Å². The molecule has 6 heteroatoms. The highest BCUT2D eigenvalue weighted by Gasteiger charge is 2.31. The van der Waals surface area contributed by atoms with E-state index in [4.69, 9.17) is 0 Å². The summed E-state index contributed by atoms with van der Waals surface area (Å²) in [4.78, 5) is 3.82. The lowest BCUT2D eigenvalue weighted by Gasteiger charge is -2.11. The lowest BCUT2D eigenvalue weighted by atomic mass is 10.2. The molecule has 1 rings (SSSR count). The van der Waals surface area contributed by atoms with E-state index in [9.17, 15) is 13.2 Å². The molecule has 2 nitrogen and oxygen atoms in total. The third kappa shape index (κ3) is 3.41. The highest BCUT2D eigenvalue weighted by molar-refractivity contribution is 5.85. The Balaban J connectivity index is 0.00000169. The summed E-state index contributed by atoms with van der Waals surface area (Å²) in [6.45, 7) is 3.15. The monoisotopic (exact) mass is 227 g/mol. The summed E-state index contributed by atoms with van der Waals surface area (Å²) in [5.41, 5.74) is 0.932. The number of aromatic nitrogens is 1. The molecule has 0 aliphatic rings. The molecule has 0 amide bonds. The van der Waals surface area contributed by atoms with Crippen LogP contribution in [0, 0.1) is 13.8 Å². The van der Waals surface area contributed by atoms with Crippen molar-refractivity contribution < 1.29 is 17.9 Å². The van der Waals surface area contributed by atoms with Crippen LogP contribution in [0.2, 0.25) is 0 Å². The van der Waals surface area contributed by atoms with Gasteiger partial charge >= 0.3 is 6.36 Å². The standard InChI is InChI=1S/C8H8F3NO.ClH/c1-5-6(2)12-4-3-7(5)13-8(9,10)11;/h3-4H,1-2H3;1H. The van der Waals surface area contributed by atoms with Crippen molar-refractivity contribution in [2.75, 3.05) is 0 Å². The summed E-state index contributed by atoms with van der Waals surface area (Å²) >= 11 is 0. The highest BCUT2D eigenvalue weighted by Crippen LogP contribution is 2.26. The van der Waals surface area contributed by atoms with Crippen LogP contribution in [0.25, 0.3) is 0 Å². The molecule has 0 unspecified atom stereocenters. The SMILES string of the molecule is Cc1nccc(OC(F)(F)F)c1C.Cl. The Labute approximate surface area is 85.5 Å². The minimum Gasteiger partial charge on any atom is -0.405 e. The Morgan fingerprint density at radius 1 is 1.29 bits per heavy atom. The number of aryl methyl sites for hydroxylation is 1. The van der Waals surface area contributed by atoms with Gasteiger partial charge in [-0.05, 0) is 19.9 Å². The topological polar surface area (TPSA) is 22.1 Å². The molecule has 0 aliphatic heterocycles. The van der Waals surface area contributed by atoms with E-state index in [1.54, 1.807) is 6.92 Å². The summed E-state index contributed by atoms with van der Waals surface area (Å²) in [6.07, 6.45) is -3.36. The minimum absolute atomic E-state index is 0. The number of rotatable bonds is 1. The third-order valence-corrected chi connectivity index (χ3v) is 1.63. The molecule has 0 N–H and O–H groups in total. The summed E-state index contributed by atoms with van der Waals surface area (Å²) < 4.78 is 39.2. The zero-order valence-corrected chi connectivity index (χ0v) is 8.37. The quantitative estimate of drug-likeness (QED) is 0.736. The zero-order valence-electron chi connectivity index (χ0n) is 7.55. The predicted molar refractivity (Wildman–Crippen MR) is 47.6 cm³/mol. The second kappa shape index (κ2) is 4.50. The maximum Gasteiger partial charge on any atom is 0.573 e. The maximum atomic E-state index is 11.8. The largest absolute Gasteiger partial charge is 0.573 e. The van der Waals surface area contributed by atoms with Gasteiger partial charge in [0, 0.05) is 17.5 Å². The van der Waals surface area contributed by atoms with Gasteiger partial charge in [-0.15, -0.1) is 25.6 Å². The number of hydrogen-bond donors (Lipinski definition) is 0. The third-order valence-electron chi connectivity index (χ3n) is 1.63. The summed E-state index contributed by atoms with van der Waals surface area (Å²) in [6, 6.07) is 1.19. The zero-order chi connectivity index (χ0) is 10.1. The first-order valence-electron chi connectivity index (χ1n) is 3.58. The summed E-state index contributed by atoms with van der Waals surface area (Å²) in [5.74, 6) is -0.194. The minimum atomic E-state index is -4.64. The second-order valence-corrected chi connectivity index (χ2v) is 2.57. The second-order valence-electron chi connectivity index (χ2n) is 2.57. The fourth-order valence-corrected chi connectivity index (χ4v) is 0.852. The van der Waals surface area contributed by atoms with Gasteiger partial charge in [0.1, 0.15) is 5.75 Å². The Hall–Kier alpha value is -0.970. The van der Waals surface area contributed by atoms with Gasteiger partial charge < -0.3 is 4.74 Å². The Kier molecular flexibility index (Phi) is 4.19. The molecule has 0 spiro atoms. The van der Waals surface area contributed by atoms with E-state index in [2.05, 4.69) is 9.72 Å². The lowest BCUT2D eigenvalue weighted by molar-refractivity contribution is -0.274. The fraction of sp³-hybridized carbons (Fsp3) is 0.375. The Morgan fingerprint density at radius 3 is 2.36 bits per heavy atom. The molecule has 1 heterocycles. The fourth-order valence-electron chi connectivity index (χ4n) is 0.852. The maximum absolute atomic E-state index is 11.8. The molecule has 0 saturated heterocycles. The first-order chi connectivity index (χ1) is 5.90. The van der Waals surface area contributed by atoms with Crippen molar-refractivity contribution >= 4 is 12.4 Å². The number of ether oxygens (including phenoxy) is 1.